The maximum absolute atomic E-state index is 10.6. The minimum absolute atomic E-state index is 0.0263. The summed E-state index contributed by atoms with van der Waals surface area (Å²) in [5, 5.41) is 17.5. The second kappa shape index (κ2) is 6.04. The van der Waals surface area contributed by atoms with Crippen LogP contribution in [-0.2, 0) is 6.61 Å². The van der Waals surface area contributed by atoms with E-state index >= 15 is 0 Å². The summed E-state index contributed by atoms with van der Waals surface area (Å²) >= 11 is 0. The van der Waals surface area contributed by atoms with Crippen molar-refractivity contribution in [1.82, 2.24) is 15.2 Å². The van der Waals surface area contributed by atoms with Crippen molar-refractivity contribution >= 4 is 5.69 Å². The average Bonchev–Trinajstić information content (AvgIpc) is 3.03. The molecule has 7 heteroatoms. The topological polar surface area (TPSA) is 93.9 Å². The Morgan fingerprint density at radius 2 is 1.82 bits per heavy atom. The number of H-pyrrole nitrogens is 1. The lowest BCUT2D eigenvalue weighted by Gasteiger charge is -2.02. The van der Waals surface area contributed by atoms with Crippen molar-refractivity contribution in [3.05, 3.63) is 70.5 Å². The van der Waals surface area contributed by atoms with E-state index in [1.54, 1.807) is 12.1 Å². The third-order valence-electron chi connectivity index (χ3n) is 2.99. The quantitative estimate of drug-likeness (QED) is 0.577. The van der Waals surface area contributed by atoms with Gasteiger partial charge in [-0.3, -0.25) is 15.2 Å². The molecule has 0 unspecified atom stereocenters. The molecule has 2 aromatic carbocycles. The maximum atomic E-state index is 10.6. The van der Waals surface area contributed by atoms with Gasteiger partial charge < -0.3 is 4.74 Å². The van der Waals surface area contributed by atoms with Gasteiger partial charge in [-0.2, -0.15) is 5.10 Å². The van der Waals surface area contributed by atoms with E-state index in [9.17, 15) is 10.1 Å². The molecule has 1 N–H and O–H groups in total. The molecule has 110 valence electrons. The summed E-state index contributed by atoms with van der Waals surface area (Å²) in [5.41, 5.74) is 0.943. The van der Waals surface area contributed by atoms with Crippen LogP contribution in [0.15, 0.2) is 54.6 Å². The lowest BCUT2D eigenvalue weighted by Crippen LogP contribution is -1.98. The summed E-state index contributed by atoms with van der Waals surface area (Å²) in [7, 11) is 0. The molecule has 1 heterocycles. The molecule has 0 saturated carbocycles. The molecule has 0 aliphatic carbocycles. The Bertz CT molecular complexity index is 769. The monoisotopic (exact) mass is 296 g/mol. The Labute approximate surface area is 125 Å². The first-order valence-corrected chi connectivity index (χ1v) is 6.56. The Kier molecular flexibility index (Phi) is 3.78. The minimum Gasteiger partial charge on any atom is -0.486 e. The minimum atomic E-state index is -0.452. The van der Waals surface area contributed by atoms with E-state index in [4.69, 9.17) is 4.74 Å². The van der Waals surface area contributed by atoms with Crippen molar-refractivity contribution < 1.29 is 9.66 Å². The summed E-state index contributed by atoms with van der Waals surface area (Å²) in [5.74, 6) is 1.71. The zero-order chi connectivity index (χ0) is 15.4. The van der Waals surface area contributed by atoms with Gasteiger partial charge in [0.1, 0.15) is 12.4 Å². The van der Waals surface area contributed by atoms with Gasteiger partial charge in [0.05, 0.1) is 4.92 Å². The zero-order valence-corrected chi connectivity index (χ0v) is 11.5. The second-order valence-corrected chi connectivity index (χ2v) is 4.51. The number of ether oxygens (including phenoxy) is 1. The van der Waals surface area contributed by atoms with Crippen molar-refractivity contribution in [3.8, 4) is 17.1 Å². The Hall–Kier alpha value is -3.22. The van der Waals surface area contributed by atoms with E-state index in [-0.39, 0.29) is 12.3 Å². The van der Waals surface area contributed by atoms with Gasteiger partial charge >= 0.3 is 0 Å². The van der Waals surface area contributed by atoms with Gasteiger partial charge in [0.15, 0.2) is 11.6 Å². The number of benzene rings is 2. The molecule has 1 aromatic heterocycles. The number of hydrogen-bond acceptors (Lipinski definition) is 5. The summed E-state index contributed by atoms with van der Waals surface area (Å²) < 4.78 is 5.52. The van der Waals surface area contributed by atoms with Crippen LogP contribution in [0.5, 0.6) is 5.75 Å². The molecule has 3 aromatic rings. The average molecular weight is 296 g/mol. The maximum Gasteiger partial charge on any atom is 0.269 e. The first-order chi connectivity index (χ1) is 10.7. The number of aromatic nitrogens is 3. The van der Waals surface area contributed by atoms with Crippen LogP contribution in [-0.4, -0.2) is 20.1 Å². The zero-order valence-electron chi connectivity index (χ0n) is 11.5. The number of rotatable bonds is 5. The number of aromatic amines is 1. The Morgan fingerprint density at radius 3 is 2.50 bits per heavy atom. The molecule has 0 amide bonds. The van der Waals surface area contributed by atoms with Crippen LogP contribution in [0.4, 0.5) is 5.69 Å². The molecular formula is C15H12N4O3. The van der Waals surface area contributed by atoms with E-state index in [2.05, 4.69) is 15.2 Å². The second-order valence-electron chi connectivity index (χ2n) is 4.51. The van der Waals surface area contributed by atoms with Crippen molar-refractivity contribution in [2.75, 3.05) is 0 Å². The van der Waals surface area contributed by atoms with Crippen LogP contribution in [0.2, 0.25) is 0 Å². The highest BCUT2D eigenvalue weighted by molar-refractivity contribution is 5.53. The lowest BCUT2D eigenvalue weighted by atomic mass is 10.2. The van der Waals surface area contributed by atoms with Gasteiger partial charge in [-0.05, 0) is 12.1 Å². The fourth-order valence-corrected chi connectivity index (χ4v) is 1.89. The smallest absolute Gasteiger partial charge is 0.269 e. The van der Waals surface area contributed by atoms with Crippen molar-refractivity contribution in [3.63, 3.8) is 0 Å². The first kappa shape index (κ1) is 13.7. The third kappa shape index (κ3) is 3.09. The molecule has 22 heavy (non-hydrogen) atoms. The van der Waals surface area contributed by atoms with E-state index in [1.165, 1.54) is 12.1 Å². The van der Waals surface area contributed by atoms with Crippen LogP contribution in [0, 0.1) is 10.1 Å². The third-order valence-corrected chi connectivity index (χ3v) is 2.99. The molecule has 0 aliphatic rings. The Morgan fingerprint density at radius 1 is 1.09 bits per heavy atom. The molecule has 3 rings (SSSR count). The Balaban J connectivity index is 1.65. The predicted octanol–water partition coefficient (Wildman–Crippen LogP) is 2.96. The highest BCUT2D eigenvalue weighted by atomic mass is 16.6. The molecule has 0 bridgehead atoms. The van der Waals surface area contributed by atoms with Gasteiger partial charge in [0.25, 0.3) is 5.69 Å². The molecular weight excluding hydrogens is 284 g/mol. The number of hydrogen-bond donors (Lipinski definition) is 1. The molecule has 7 nitrogen and oxygen atoms in total. The molecule has 0 spiro atoms. The fraction of sp³-hybridized carbons (Fsp3) is 0.0667. The number of nitrogens with one attached hydrogen (secondary N) is 1. The summed E-state index contributed by atoms with van der Waals surface area (Å²) in [6.07, 6.45) is 0. The predicted molar refractivity (Wildman–Crippen MR) is 79.2 cm³/mol. The summed E-state index contributed by atoms with van der Waals surface area (Å²) in [6.45, 7) is 0.206. The fourth-order valence-electron chi connectivity index (χ4n) is 1.89. The summed E-state index contributed by atoms with van der Waals surface area (Å²) in [4.78, 5) is 14.5. The highest BCUT2D eigenvalue weighted by Gasteiger charge is 2.07. The van der Waals surface area contributed by atoms with Crippen LogP contribution in [0.3, 0.4) is 0 Å². The van der Waals surface area contributed by atoms with Crippen LogP contribution in [0.25, 0.3) is 11.4 Å². The normalized spacial score (nSPS) is 10.4. The largest absolute Gasteiger partial charge is 0.486 e. The number of nitrogens with zero attached hydrogens (tertiary/aromatic N) is 3. The van der Waals surface area contributed by atoms with E-state index in [1.807, 2.05) is 30.3 Å². The van der Waals surface area contributed by atoms with Gasteiger partial charge in [-0.25, -0.2) is 4.98 Å². The molecule has 0 atom stereocenters. The number of non-ortho nitro benzene ring substituents is 1. The van der Waals surface area contributed by atoms with Crippen LogP contribution >= 0.6 is 0 Å². The van der Waals surface area contributed by atoms with Crippen molar-refractivity contribution in [1.29, 1.82) is 0 Å². The SMILES string of the molecule is O=[N+]([O-])c1ccc(OCc2nc(-c3ccccc3)n[nH]2)cc1. The van der Waals surface area contributed by atoms with E-state index in [0.717, 1.165) is 5.56 Å². The van der Waals surface area contributed by atoms with Crippen LogP contribution < -0.4 is 4.74 Å². The molecule has 0 fully saturated rings. The van der Waals surface area contributed by atoms with E-state index in [0.29, 0.717) is 17.4 Å². The van der Waals surface area contributed by atoms with Gasteiger partial charge in [-0.1, -0.05) is 30.3 Å². The number of nitro groups is 1. The number of nitro benzene ring substituents is 1. The van der Waals surface area contributed by atoms with E-state index < -0.39 is 4.92 Å². The summed E-state index contributed by atoms with van der Waals surface area (Å²) in [6, 6.07) is 15.5. The van der Waals surface area contributed by atoms with Crippen molar-refractivity contribution in [2.24, 2.45) is 0 Å². The van der Waals surface area contributed by atoms with Crippen LogP contribution in [0.1, 0.15) is 5.82 Å². The first-order valence-electron chi connectivity index (χ1n) is 6.56. The lowest BCUT2D eigenvalue weighted by molar-refractivity contribution is -0.384. The van der Waals surface area contributed by atoms with Gasteiger partial charge in [0, 0.05) is 17.7 Å². The van der Waals surface area contributed by atoms with Crippen molar-refractivity contribution in [2.45, 2.75) is 6.61 Å². The molecule has 0 radical (unpaired) electrons. The van der Waals surface area contributed by atoms with Gasteiger partial charge in [-0.15, -0.1) is 0 Å². The molecule has 0 saturated heterocycles. The standard InChI is InChI=1S/C15H12N4O3/c20-19(21)12-6-8-13(9-7-12)22-10-14-16-15(18-17-14)11-4-2-1-3-5-11/h1-9H,10H2,(H,16,17,18). The highest BCUT2D eigenvalue weighted by Crippen LogP contribution is 2.18. The molecule has 0 aliphatic heterocycles. The van der Waals surface area contributed by atoms with Gasteiger partial charge in [0.2, 0.25) is 0 Å².